The van der Waals surface area contributed by atoms with Crippen LogP contribution in [0, 0.1) is 6.92 Å². The van der Waals surface area contributed by atoms with Gasteiger partial charge in [-0.05, 0) is 49.6 Å². The van der Waals surface area contributed by atoms with Crippen molar-refractivity contribution >= 4 is 11.6 Å². The van der Waals surface area contributed by atoms with Crippen LogP contribution in [0.1, 0.15) is 24.5 Å². The Morgan fingerprint density at radius 1 is 1.28 bits per heavy atom. The summed E-state index contributed by atoms with van der Waals surface area (Å²) in [5.74, 6) is 0.860. The van der Waals surface area contributed by atoms with E-state index < -0.39 is 0 Å². The Kier molecular flexibility index (Phi) is 7.32. The third-order valence-corrected chi connectivity index (χ3v) is 4.01. The predicted octanol–water partition coefficient (Wildman–Crippen LogP) is 2.40. The number of guanidine groups is 1. The molecule has 0 aliphatic rings. The minimum Gasteiger partial charge on any atom is -0.378 e. The predicted molar refractivity (Wildman–Crippen MR) is 105 cm³/mol. The molecule has 0 aliphatic heterocycles. The summed E-state index contributed by atoms with van der Waals surface area (Å²) in [5.41, 5.74) is 3.73. The van der Waals surface area contributed by atoms with Gasteiger partial charge in [0.1, 0.15) is 0 Å². The van der Waals surface area contributed by atoms with Crippen molar-refractivity contribution in [1.29, 1.82) is 0 Å². The number of anilines is 1. The summed E-state index contributed by atoms with van der Waals surface area (Å²) in [6.07, 6.45) is 4.80. The first-order chi connectivity index (χ1) is 12.1. The molecule has 0 saturated heterocycles. The fourth-order valence-corrected chi connectivity index (χ4v) is 2.52. The minimum atomic E-state index is 0.675. The fraction of sp³-hybridized carbons (Fsp3) is 0.474. The molecule has 0 saturated carbocycles. The van der Waals surface area contributed by atoms with E-state index >= 15 is 0 Å². The van der Waals surface area contributed by atoms with E-state index in [0.717, 1.165) is 32.0 Å². The van der Waals surface area contributed by atoms with Crippen LogP contribution >= 0.6 is 0 Å². The molecule has 0 radical (unpaired) electrons. The third-order valence-electron chi connectivity index (χ3n) is 4.01. The zero-order valence-electron chi connectivity index (χ0n) is 15.8. The van der Waals surface area contributed by atoms with Gasteiger partial charge in [-0.2, -0.15) is 5.10 Å². The number of aliphatic imine (C=N–C) groups is 1. The average Bonchev–Trinajstić information content (AvgIpc) is 3.10. The molecule has 2 aromatic rings. The summed E-state index contributed by atoms with van der Waals surface area (Å²) in [5, 5.41) is 10.9. The molecule has 6 heteroatoms. The number of benzene rings is 1. The lowest BCUT2D eigenvalue weighted by molar-refractivity contribution is 0.570. The van der Waals surface area contributed by atoms with Gasteiger partial charge in [0.05, 0.1) is 6.54 Å². The molecule has 0 unspecified atom stereocenters. The number of hydrogen-bond donors (Lipinski definition) is 2. The summed E-state index contributed by atoms with van der Waals surface area (Å²) < 4.78 is 1.95. The molecular formula is C19H30N6. The van der Waals surface area contributed by atoms with Crippen LogP contribution in [0.25, 0.3) is 0 Å². The van der Waals surface area contributed by atoms with E-state index in [1.165, 1.54) is 16.8 Å². The highest BCUT2D eigenvalue weighted by atomic mass is 15.3. The number of aryl methyl sites for hydroxylation is 2. The maximum atomic E-state index is 4.71. The highest BCUT2D eigenvalue weighted by Gasteiger charge is 2.03. The monoisotopic (exact) mass is 342 g/mol. The molecule has 0 spiro atoms. The van der Waals surface area contributed by atoms with Crippen molar-refractivity contribution in [2.24, 2.45) is 4.99 Å². The van der Waals surface area contributed by atoms with Crippen molar-refractivity contribution in [3.05, 3.63) is 47.8 Å². The Balaban J connectivity index is 1.88. The van der Waals surface area contributed by atoms with Crippen molar-refractivity contribution in [1.82, 2.24) is 20.4 Å². The lowest BCUT2D eigenvalue weighted by Gasteiger charge is -2.15. The summed E-state index contributed by atoms with van der Waals surface area (Å²) in [6.45, 7) is 7.52. The molecule has 0 amide bonds. The summed E-state index contributed by atoms with van der Waals surface area (Å²) in [7, 11) is 4.12. The molecular weight excluding hydrogens is 312 g/mol. The Labute approximate surface area is 151 Å². The largest absolute Gasteiger partial charge is 0.378 e. The SMILES string of the molecule is CCNC(=NCc1ccc(N(C)C)cc1C)NCCCn1cccn1. The summed E-state index contributed by atoms with van der Waals surface area (Å²) in [6, 6.07) is 8.45. The molecule has 6 nitrogen and oxygen atoms in total. The first kappa shape index (κ1) is 18.8. The first-order valence-corrected chi connectivity index (χ1v) is 8.86. The highest BCUT2D eigenvalue weighted by Crippen LogP contribution is 2.17. The van der Waals surface area contributed by atoms with E-state index in [4.69, 9.17) is 4.99 Å². The molecule has 0 aliphatic carbocycles. The Morgan fingerprint density at radius 2 is 2.12 bits per heavy atom. The van der Waals surface area contributed by atoms with Crippen molar-refractivity contribution in [2.45, 2.75) is 33.4 Å². The van der Waals surface area contributed by atoms with E-state index in [1.807, 2.05) is 23.1 Å². The number of nitrogens with one attached hydrogen (secondary N) is 2. The Bertz CT molecular complexity index is 661. The molecule has 2 rings (SSSR count). The van der Waals surface area contributed by atoms with Crippen LogP contribution in [-0.4, -0.2) is 42.9 Å². The Hall–Kier alpha value is -2.50. The Morgan fingerprint density at radius 3 is 2.76 bits per heavy atom. The van der Waals surface area contributed by atoms with Gasteiger partial charge in [-0.1, -0.05) is 6.07 Å². The fourth-order valence-electron chi connectivity index (χ4n) is 2.52. The third kappa shape index (κ3) is 6.14. The quantitative estimate of drug-likeness (QED) is 0.439. The van der Waals surface area contributed by atoms with Crippen LogP contribution in [0.15, 0.2) is 41.7 Å². The second-order valence-electron chi connectivity index (χ2n) is 6.25. The van der Waals surface area contributed by atoms with E-state index in [2.05, 4.69) is 66.8 Å². The summed E-state index contributed by atoms with van der Waals surface area (Å²) in [4.78, 5) is 6.83. The topological polar surface area (TPSA) is 57.5 Å². The number of hydrogen-bond acceptors (Lipinski definition) is 3. The number of aromatic nitrogens is 2. The average molecular weight is 342 g/mol. The molecule has 0 atom stereocenters. The molecule has 0 fully saturated rings. The molecule has 1 aromatic carbocycles. The smallest absolute Gasteiger partial charge is 0.191 e. The van der Waals surface area contributed by atoms with Gasteiger partial charge in [-0.3, -0.25) is 4.68 Å². The number of rotatable bonds is 8. The van der Waals surface area contributed by atoms with Crippen molar-refractivity contribution in [2.75, 3.05) is 32.1 Å². The normalized spacial score (nSPS) is 11.4. The second kappa shape index (κ2) is 9.71. The molecule has 0 bridgehead atoms. The zero-order valence-corrected chi connectivity index (χ0v) is 15.8. The van der Waals surface area contributed by atoms with Crippen LogP contribution in [-0.2, 0) is 13.1 Å². The van der Waals surface area contributed by atoms with Gasteiger partial charge in [0.2, 0.25) is 0 Å². The van der Waals surface area contributed by atoms with E-state index in [0.29, 0.717) is 6.54 Å². The van der Waals surface area contributed by atoms with Crippen molar-refractivity contribution < 1.29 is 0 Å². The molecule has 136 valence electrons. The van der Waals surface area contributed by atoms with Crippen molar-refractivity contribution in [3.8, 4) is 0 Å². The highest BCUT2D eigenvalue weighted by molar-refractivity contribution is 5.79. The maximum Gasteiger partial charge on any atom is 0.191 e. The van der Waals surface area contributed by atoms with Gasteiger partial charge in [-0.15, -0.1) is 0 Å². The second-order valence-corrected chi connectivity index (χ2v) is 6.25. The summed E-state index contributed by atoms with van der Waals surface area (Å²) >= 11 is 0. The molecule has 1 heterocycles. The lowest BCUT2D eigenvalue weighted by Crippen LogP contribution is -2.38. The lowest BCUT2D eigenvalue weighted by atomic mass is 10.1. The van der Waals surface area contributed by atoms with Gasteiger partial charge < -0.3 is 15.5 Å². The van der Waals surface area contributed by atoms with Crippen LogP contribution < -0.4 is 15.5 Å². The molecule has 2 N–H and O–H groups in total. The van der Waals surface area contributed by atoms with Crippen LogP contribution in [0.5, 0.6) is 0 Å². The molecule has 25 heavy (non-hydrogen) atoms. The zero-order chi connectivity index (χ0) is 18.1. The van der Waals surface area contributed by atoms with E-state index in [9.17, 15) is 0 Å². The van der Waals surface area contributed by atoms with Gasteiger partial charge in [0, 0.05) is 51.8 Å². The van der Waals surface area contributed by atoms with Crippen LogP contribution in [0.2, 0.25) is 0 Å². The van der Waals surface area contributed by atoms with Crippen molar-refractivity contribution in [3.63, 3.8) is 0 Å². The van der Waals surface area contributed by atoms with Gasteiger partial charge >= 0.3 is 0 Å². The molecule has 1 aromatic heterocycles. The standard InChI is InChI=1S/C19H30N6/c1-5-20-19(21-10-6-12-25-13-7-11-23-25)22-15-17-8-9-18(24(3)4)14-16(17)2/h7-9,11,13-14H,5-6,10,12,15H2,1-4H3,(H2,20,21,22). The minimum absolute atomic E-state index is 0.675. The van der Waals surface area contributed by atoms with Gasteiger partial charge in [0.25, 0.3) is 0 Å². The van der Waals surface area contributed by atoms with Crippen LogP contribution in [0.4, 0.5) is 5.69 Å². The van der Waals surface area contributed by atoms with Crippen LogP contribution in [0.3, 0.4) is 0 Å². The maximum absolute atomic E-state index is 4.71. The van der Waals surface area contributed by atoms with Gasteiger partial charge in [-0.25, -0.2) is 4.99 Å². The van der Waals surface area contributed by atoms with E-state index in [-0.39, 0.29) is 0 Å². The number of nitrogens with zero attached hydrogens (tertiary/aromatic N) is 4. The van der Waals surface area contributed by atoms with E-state index in [1.54, 1.807) is 0 Å². The first-order valence-electron chi connectivity index (χ1n) is 8.86. The van der Waals surface area contributed by atoms with Gasteiger partial charge in [0.15, 0.2) is 5.96 Å².